The molecule has 28 heavy (non-hydrogen) atoms. The molecule has 0 saturated heterocycles. The van der Waals surface area contributed by atoms with Crippen molar-refractivity contribution in [2.45, 2.75) is 31.8 Å². The lowest BCUT2D eigenvalue weighted by Gasteiger charge is -2.13. The summed E-state index contributed by atoms with van der Waals surface area (Å²) in [6.07, 6.45) is 2.79. The number of hydrogen-bond acceptors (Lipinski definition) is 7. The number of aryl methyl sites for hydroxylation is 2. The van der Waals surface area contributed by atoms with Gasteiger partial charge in [0.05, 0.1) is 19.9 Å². The number of rotatable bonds is 7. The summed E-state index contributed by atoms with van der Waals surface area (Å²) in [5.41, 5.74) is 3.42. The maximum atomic E-state index is 12.5. The summed E-state index contributed by atoms with van der Waals surface area (Å²) >= 11 is 1.47. The van der Waals surface area contributed by atoms with Crippen molar-refractivity contribution in [2.24, 2.45) is 0 Å². The number of thioether (sulfide) groups is 1. The van der Waals surface area contributed by atoms with Crippen LogP contribution < -0.4 is 14.8 Å². The van der Waals surface area contributed by atoms with Crippen molar-refractivity contribution < 1.29 is 14.3 Å². The topological polar surface area (TPSA) is 90.6 Å². The Morgan fingerprint density at radius 3 is 2.68 bits per heavy atom. The second-order valence-corrected chi connectivity index (χ2v) is 6.96. The first kappa shape index (κ1) is 19.9. The Bertz CT molecular complexity index is 1020. The van der Waals surface area contributed by atoms with Gasteiger partial charge in [0.2, 0.25) is 11.1 Å². The fourth-order valence-corrected chi connectivity index (χ4v) is 3.33. The average Bonchev–Trinajstić information content (AvgIpc) is 3.11. The lowest BCUT2D eigenvalue weighted by atomic mass is 10.1. The third-order valence-electron chi connectivity index (χ3n) is 4.50. The zero-order valence-corrected chi connectivity index (χ0v) is 17.4. The molecule has 0 saturated carbocycles. The number of amides is 1. The van der Waals surface area contributed by atoms with Crippen molar-refractivity contribution in [1.82, 2.24) is 19.6 Å². The minimum atomic E-state index is -0.106. The van der Waals surface area contributed by atoms with Gasteiger partial charge in [0.15, 0.2) is 0 Å². The summed E-state index contributed by atoms with van der Waals surface area (Å²) in [6.45, 7) is 3.90. The predicted octanol–water partition coefficient (Wildman–Crippen LogP) is 3.05. The number of aromatic nitrogens is 4. The molecule has 8 nitrogen and oxygen atoms in total. The van der Waals surface area contributed by atoms with E-state index < -0.39 is 0 Å². The van der Waals surface area contributed by atoms with Crippen molar-refractivity contribution in [3.05, 3.63) is 35.2 Å². The monoisotopic (exact) mass is 401 g/mol. The average molecular weight is 401 g/mol. The van der Waals surface area contributed by atoms with Crippen LogP contribution in [-0.4, -0.2) is 46.0 Å². The molecule has 1 aromatic carbocycles. The molecule has 0 spiro atoms. The number of methoxy groups -OCH3 is 2. The third-order valence-corrected chi connectivity index (χ3v) is 5.04. The molecule has 3 aromatic rings. The second-order valence-electron chi connectivity index (χ2n) is 6.19. The van der Waals surface area contributed by atoms with Crippen LogP contribution in [0.5, 0.6) is 11.5 Å². The first-order valence-electron chi connectivity index (χ1n) is 8.75. The standard InChI is InChI=1S/C19H23N5O3S/c1-11-14(12(2)24-18(20-11)22-19(23-24)28-5)7-9-17(25)21-15-8-6-13(26-3)10-16(15)27-4/h6,8,10H,7,9H2,1-5H3,(H,21,25). The van der Waals surface area contributed by atoms with Crippen LogP contribution in [0.2, 0.25) is 0 Å². The first-order valence-corrected chi connectivity index (χ1v) is 9.98. The third kappa shape index (κ3) is 4.04. The Hall–Kier alpha value is -2.81. The van der Waals surface area contributed by atoms with Gasteiger partial charge in [0.25, 0.3) is 5.78 Å². The van der Waals surface area contributed by atoms with Crippen LogP contribution in [0.1, 0.15) is 23.4 Å². The zero-order chi connectivity index (χ0) is 20.3. The molecule has 0 unspecified atom stereocenters. The van der Waals surface area contributed by atoms with Crippen molar-refractivity contribution in [3.8, 4) is 11.5 Å². The van der Waals surface area contributed by atoms with Crippen molar-refractivity contribution >= 4 is 29.1 Å². The van der Waals surface area contributed by atoms with Crippen LogP contribution in [0.25, 0.3) is 5.78 Å². The lowest BCUT2D eigenvalue weighted by molar-refractivity contribution is -0.116. The summed E-state index contributed by atoms with van der Waals surface area (Å²) in [5, 5.41) is 8.02. The summed E-state index contributed by atoms with van der Waals surface area (Å²) in [7, 11) is 3.14. The Morgan fingerprint density at radius 2 is 2.00 bits per heavy atom. The molecule has 0 bridgehead atoms. The van der Waals surface area contributed by atoms with Crippen molar-refractivity contribution in [2.75, 3.05) is 25.8 Å². The summed E-state index contributed by atoms with van der Waals surface area (Å²) in [4.78, 5) is 21.4. The van der Waals surface area contributed by atoms with E-state index in [1.54, 1.807) is 36.9 Å². The molecule has 1 N–H and O–H groups in total. The number of benzene rings is 1. The number of fused-ring (bicyclic) bond motifs is 1. The molecular weight excluding hydrogens is 378 g/mol. The molecule has 0 atom stereocenters. The molecule has 2 aromatic heterocycles. The highest BCUT2D eigenvalue weighted by molar-refractivity contribution is 7.98. The van der Waals surface area contributed by atoms with E-state index in [1.165, 1.54) is 11.8 Å². The molecule has 148 valence electrons. The minimum Gasteiger partial charge on any atom is -0.497 e. The van der Waals surface area contributed by atoms with Gasteiger partial charge in [-0.25, -0.2) is 9.50 Å². The van der Waals surface area contributed by atoms with E-state index in [2.05, 4.69) is 20.4 Å². The largest absolute Gasteiger partial charge is 0.497 e. The fourth-order valence-electron chi connectivity index (χ4n) is 2.99. The molecule has 0 aliphatic carbocycles. The number of carbonyl (C=O) groups excluding carboxylic acids is 1. The highest BCUT2D eigenvalue weighted by Gasteiger charge is 2.15. The Morgan fingerprint density at radius 1 is 1.21 bits per heavy atom. The fraction of sp³-hybridized carbons (Fsp3) is 0.368. The van der Waals surface area contributed by atoms with Crippen molar-refractivity contribution in [1.29, 1.82) is 0 Å². The smallest absolute Gasteiger partial charge is 0.253 e. The van der Waals surface area contributed by atoms with Crippen LogP contribution in [0, 0.1) is 13.8 Å². The van der Waals surface area contributed by atoms with Crippen LogP contribution in [-0.2, 0) is 11.2 Å². The lowest BCUT2D eigenvalue weighted by Crippen LogP contribution is -2.15. The number of nitrogens with one attached hydrogen (secondary N) is 1. The number of nitrogens with zero attached hydrogens (tertiary/aromatic N) is 4. The van der Waals surface area contributed by atoms with Gasteiger partial charge in [-0.1, -0.05) is 11.8 Å². The van der Waals surface area contributed by atoms with Crippen LogP contribution in [0.3, 0.4) is 0 Å². The van der Waals surface area contributed by atoms with E-state index in [-0.39, 0.29) is 5.91 Å². The van der Waals surface area contributed by atoms with Crippen LogP contribution in [0.4, 0.5) is 5.69 Å². The maximum Gasteiger partial charge on any atom is 0.253 e. The van der Waals surface area contributed by atoms with Gasteiger partial charge in [-0.2, -0.15) is 4.98 Å². The molecular formula is C19H23N5O3S. The van der Waals surface area contributed by atoms with Crippen LogP contribution in [0.15, 0.2) is 23.4 Å². The van der Waals surface area contributed by atoms with E-state index >= 15 is 0 Å². The number of carbonyl (C=O) groups is 1. The zero-order valence-electron chi connectivity index (χ0n) is 16.6. The van der Waals surface area contributed by atoms with E-state index in [4.69, 9.17) is 9.47 Å². The maximum absolute atomic E-state index is 12.5. The van der Waals surface area contributed by atoms with Gasteiger partial charge in [-0.3, -0.25) is 4.79 Å². The van der Waals surface area contributed by atoms with Gasteiger partial charge >= 0.3 is 0 Å². The first-order chi connectivity index (χ1) is 13.5. The second kappa shape index (κ2) is 8.47. The van der Waals surface area contributed by atoms with Crippen LogP contribution >= 0.6 is 11.8 Å². The molecule has 0 fully saturated rings. The minimum absolute atomic E-state index is 0.106. The molecule has 0 radical (unpaired) electrons. The molecule has 9 heteroatoms. The number of hydrogen-bond donors (Lipinski definition) is 1. The SMILES string of the molecule is COc1ccc(NC(=O)CCc2c(C)nc3nc(SC)nn3c2C)c(OC)c1. The van der Waals surface area contributed by atoms with Gasteiger partial charge in [-0.15, -0.1) is 5.10 Å². The Kier molecular flexibility index (Phi) is 6.03. The van der Waals surface area contributed by atoms with Crippen molar-refractivity contribution in [3.63, 3.8) is 0 Å². The van der Waals surface area contributed by atoms with E-state index in [1.807, 2.05) is 20.1 Å². The summed E-state index contributed by atoms with van der Waals surface area (Å²) in [6, 6.07) is 5.27. The molecule has 0 aliphatic heterocycles. The Balaban J connectivity index is 1.74. The number of ether oxygens (including phenoxy) is 2. The molecule has 2 heterocycles. The normalized spacial score (nSPS) is 10.9. The highest BCUT2D eigenvalue weighted by atomic mass is 32.2. The summed E-state index contributed by atoms with van der Waals surface area (Å²) in [5.74, 6) is 1.69. The molecule has 1 amide bonds. The van der Waals surface area contributed by atoms with E-state index in [0.717, 1.165) is 17.0 Å². The summed E-state index contributed by atoms with van der Waals surface area (Å²) < 4.78 is 12.2. The molecule has 3 rings (SSSR count). The van der Waals surface area contributed by atoms with Gasteiger partial charge < -0.3 is 14.8 Å². The van der Waals surface area contributed by atoms with Gasteiger partial charge in [0.1, 0.15) is 11.5 Å². The Labute approximate surface area is 167 Å². The quantitative estimate of drug-likeness (QED) is 0.609. The highest BCUT2D eigenvalue weighted by Crippen LogP contribution is 2.29. The van der Waals surface area contributed by atoms with Gasteiger partial charge in [0, 0.05) is 23.9 Å². The molecule has 0 aliphatic rings. The van der Waals surface area contributed by atoms with E-state index in [0.29, 0.717) is 41.0 Å². The number of anilines is 1. The van der Waals surface area contributed by atoms with Gasteiger partial charge in [-0.05, 0) is 44.2 Å². The van der Waals surface area contributed by atoms with E-state index in [9.17, 15) is 4.79 Å². The predicted molar refractivity (Wildman–Crippen MR) is 109 cm³/mol.